The first-order valence-corrected chi connectivity index (χ1v) is 7.28. The summed E-state index contributed by atoms with van der Waals surface area (Å²) in [4.78, 5) is 11.7. The van der Waals surface area contributed by atoms with Crippen LogP contribution in [0.1, 0.15) is 25.7 Å². The number of carbonyl (C=O) groups excluding carboxylic acids is 1. The molecule has 0 heterocycles. The van der Waals surface area contributed by atoms with E-state index in [-0.39, 0.29) is 24.7 Å². The summed E-state index contributed by atoms with van der Waals surface area (Å²) in [5.74, 6) is 0.571. The molecule has 0 spiro atoms. The van der Waals surface area contributed by atoms with Crippen molar-refractivity contribution in [1.29, 1.82) is 0 Å². The topological polar surface area (TPSA) is 58.6 Å². The van der Waals surface area contributed by atoms with Crippen molar-refractivity contribution in [2.24, 2.45) is 0 Å². The molecule has 2 N–H and O–H groups in total. The van der Waals surface area contributed by atoms with Crippen LogP contribution in [-0.2, 0) is 4.79 Å². The maximum Gasteiger partial charge on any atom is 0.258 e. The molecule has 0 aliphatic heterocycles. The van der Waals surface area contributed by atoms with Gasteiger partial charge < -0.3 is 15.2 Å². The van der Waals surface area contributed by atoms with E-state index in [1.807, 2.05) is 24.3 Å². The summed E-state index contributed by atoms with van der Waals surface area (Å²) < 4.78 is 6.38. The van der Waals surface area contributed by atoms with Crippen LogP contribution in [-0.4, -0.2) is 29.8 Å². The molecule has 0 bridgehead atoms. The fourth-order valence-corrected chi connectivity index (χ4v) is 2.43. The molecule has 0 saturated heterocycles. The Bertz CT molecular complexity index is 413. The number of halogens is 1. The van der Waals surface area contributed by atoms with Gasteiger partial charge in [-0.05, 0) is 49.9 Å². The van der Waals surface area contributed by atoms with E-state index < -0.39 is 0 Å². The molecule has 1 aromatic rings. The van der Waals surface area contributed by atoms with Gasteiger partial charge in [0.05, 0.1) is 6.10 Å². The molecular weight excluding hydrogens is 310 g/mol. The highest BCUT2D eigenvalue weighted by Crippen LogP contribution is 2.18. The number of nitrogens with one attached hydrogen (secondary N) is 1. The van der Waals surface area contributed by atoms with Crippen molar-refractivity contribution in [3.63, 3.8) is 0 Å². The van der Waals surface area contributed by atoms with Crippen molar-refractivity contribution in [3.8, 4) is 5.75 Å². The predicted molar refractivity (Wildman–Crippen MR) is 76.0 cm³/mol. The van der Waals surface area contributed by atoms with Crippen molar-refractivity contribution in [2.75, 3.05) is 6.61 Å². The molecule has 1 aromatic carbocycles. The highest BCUT2D eigenvalue weighted by molar-refractivity contribution is 9.10. The Hall–Kier alpha value is -1.07. The van der Waals surface area contributed by atoms with E-state index in [0.717, 1.165) is 30.2 Å². The number of benzene rings is 1. The predicted octanol–water partition coefficient (Wildman–Crippen LogP) is 2.25. The molecule has 2 rings (SSSR count). The molecule has 1 saturated carbocycles. The third-order valence-electron chi connectivity index (χ3n) is 3.25. The monoisotopic (exact) mass is 327 g/mol. The first-order valence-electron chi connectivity index (χ1n) is 6.49. The third kappa shape index (κ3) is 4.84. The van der Waals surface area contributed by atoms with E-state index in [4.69, 9.17) is 4.74 Å². The van der Waals surface area contributed by atoms with Crippen LogP contribution < -0.4 is 10.1 Å². The summed E-state index contributed by atoms with van der Waals surface area (Å²) in [6.07, 6.45) is 3.00. The summed E-state index contributed by atoms with van der Waals surface area (Å²) >= 11 is 3.34. The molecule has 0 aromatic heterocycles. The van der Waals surface area contributed by atoms with E-state index in [2.05, 4.69) is 21.2 Å². The first kappa shape index (κ1) is 14.3. The molecule has 1 fully saturated rings. The minimum Gasteiger partial charge on any atom is -0.484 e. The van der Waals surface area contributed by atoms with Crippen molar-refractivity contribution in [2.45, 2.75) is 37.8 Å². The van der Waals surface area contributed by atoms with Crippen LogP contribution in [0.5, 0.6) is 5.75 Å². The van der Waals surface area contributed by atoms with Gasteiger partial charge in [-0.2, -0.15) is 0 Å². The summed E-state index contributed by atoms with van der Waals surface area (Å²) in [7, 11) is 0. The Labute approximate surface area is 121 Å². The Morgan fingerprint density at radius 3 is 2.53 bits per heavy atom. The molecule has 1 aliphatic carbocycles. The van der Waals surface area contributed by atoms with E-state index in [1.165, 1.54) is 0 Å². The maximum atomic E-state index is 11.7. The Balaban J connectivity index is 1.71. The van der Waals surface area contributed by atoms with Gasteiger partial charge in [-0.3, -0.25) is 4.79 Å². The van der Waals surface area contributed by atoms with Crippen LogP contribution in [0, 0.1) is 0 Å². The molecule has 0 atom stereocenters. The van der Waals surface area contributed by atoms with Gasteiger partial charge >= 0.3 is 0 Å². The highest BCUT2D eigenvalue weighted by atomic mass is 79.9. The van der Waals surface area contributed by atoms with Gasteiger partial charge in [-0.25, -0.2) is 0 Å². The average molecular weight is 328 g/mol. The molecule has 1 amide bonds. The average Bonchev–Trinajstić information content (AvgIpc) is 2.41. The molecule has 4 nitrogen and oxygen atoms in total. The fraction of sp³-hybridized carbons (Fsp3) is 0.500. The maximum absolute atomic E-state index is 11.7. The van der Waals surface area contributed by atoms with Crippen LogP contribution in [0.15, 0.2) is 28.7 Å². The van der Waals surface area contributed by atoms with Gasteiger partial charge in [0, 0.05) is 10.5 Å². The smallest absolute Gasteiger partial charge is 0.258 e. The molecular formula is C14H18BrNO3. The number of carbonyl (C=O) groups is 1. The quantitative estimate of drug-likeness (QED) is 0.891. The van der Waals surface area contributed by atoms with Crippen LogP contribution in [0.25, 0.3) is 0 Å². The van der Waals surface area contributed by atoms with Crippen LogP contribution in [0.4, 0.5) is 0 Å². The molecule has 5 heteroatoms. The van der Waals surface area contributed by atoms with E-state index in [9.17, 15) is 9.90 Å². The summed E-state index contributed by atoms with van der Waals surface area (Å²) in [6, 6.07) is 7.54. The molecule has 1 aliphatic rings. The first-order chi connectivity index (χ1) is 9.13. The number of ether oxygens (including phenoxy) is 1. The van der Waals surface area contributed by atoms with Crippen molar-refractivity contribution >= 4 is 21.8 Å². The van der Waals surface area contributed by atoms with Gasteiger partial charge in [-0.1, -0.05) is 15.9 Å². The zero-order chi connectivity index (χ0) is 13.7. The molecule has 19 heavy (non-hydrogen) atoms. The SMILES string of the molecule is O=C(COc1ccc(Br)cc1)NC1CCC(O)CC1. The Kier molecular flexibility index (Phi) is 5.22. The van der Waals surface area contributed by atoms with Gasteiger partial charge in [0.25, 0.3) is 5.91 Å². The number of aliphatic hydroxyl groups excluding tert-OH is 1. The van der Waals surface area contributed by atoms with E-state index in [1.54, 1.807) is 0 Å². The number of aliphatic hydroxyl groups is 1. The van der Waals surface area contributed by atoms with Gasteiger partial charge in [-0.15, -0.1) is 0 Å². The van der Waals surface area contributed by atoms with E-state index >= 15 is 0 Å². The lowest BCUT2D eigenvalue weighted by molar-refractivity contribution is -0.124. The van der Waals surface area contributed by atoms with E-state index in [0.29, 0.717) is 5.75 Å². The molecule has 0 unspecified atom stereocenters. The zero-order valence-electron chi connectivity index (χ0n) is 10.6. The van der Waals surface area contributed by atoms with Gasteiger partial charge in [0.2, 0.25) is 0 Å². The minimum absolute atomic E-state index is 0.0285. The van der Waals surface area contributed by atoms with Crippen molar-refractivity contribution in [3.05, 3.63) is 28.7 Å². The lowest BCUT2D eigenvalue weighted by atomic mass is 9.93. The fourth-order valence-electron chi connectivity index (χ4n) is 2.17. The third-order valence-corrected chi connectivity index (χ3v) is 3.77. The number of rotatable bonds is 4. The number of hydrogen-bond donors (Lipinski definition) is 2. The van der Waals surface area contributed by atoms with Gasteiger partial charge in [0.15, 0.2) is 6.61 Å². The number of amides is 1. The lowest BCUT2D eigenvalue weighted by Gasteiger charge is -2.26. The summed E-state index contributed by atoms with van der Waals surface area (Å²) in [5, 5.41) is 12.3. The van der Waals surface area contributed by atoms with Crippen molar-refractivity contribution in [1.82, 2.24) is 5.32 Å². The van der Waals surface area contributed by atoms with Crippen LogP contribution >= 0.6 is 15.9 Å². The van der Waals surface area contributed by atoms with Crippen molar-refractivity contribution < 1.29 is 14.6 Å². The Morgan fingerprint density at radius 2 is 1.89 bits per heavy atom. The second kappa shape index (κ2) is 6.91. The number of hydrogen-bond acceptors (Lipinski definition) is 3. The lowest BCUT2D eigenvalue weighted by Crippen LogP contribution is -2.40. The largest absolute Gasteiger partial charge is 0.484 e. The highest BCUT2D eigenvalue weighted by Gasteiger charge is 2.20. The second-order valence-electron chi connectivity index (χ2n) is 4.82. The van der Waals surface area contributed by atoms with Gasteiger partial charge in [0.1, 0.15) is 5.75 Å². The van der Waals surface area contributed by atoms with Crippen LogP contribution in [0.2, 0.25) is 0 Å². The summed E-state index contributed by atoms with van der Waals surface area (Å²) in [5.41, 5.74) is 0. The van der Waals surface area contributed by atoms with Crippen LogP contribution in [0.3, 0.4) is 0 Å². The summed E-state index contributed by atoms with van der Waals surface area (Å²) in [6.45, 7) is 0.0285. The standard InChI is InChI=1S/C14H18BrNO3/c15-10-1-7-13(8-2-10)19-9-14(18)16-11-3-5-12(17)6-4-11/h1-2,7-8,11-12,17H,3-6,9H2,(H,16,18). The Morgan fingerprint density at radius 1 is 1.26 bits per heavy atom. The molecule has 104 valence electrons. The second-order valence-corrected chi connectivity index (χ2v) is 5.73. The zero-order valence-corrected chi connectivity index (χ0v) is 12.2. The normalized spacial score (nSPS) is 22.8. The minimum atomic E-state index is -0.202. The molecule has 0 radical (unpaired) electrons.